The van der Waals surface area contributed by atoms with E-state index in [1.54, 1.807) is 30.3 Å². The van der Waals surface area contributed by atoms with Gasteiger partial charge in [0.25, 0.3) is 11.5 Å². The van der Waals surface area contributed by atoms with Crippen LogP contribution in [-0.2, 0) is 0 Å². The van der Waals surface area contributed by atoms with E-state index in [9.17, 15) is 18.4 Å². The first-order chi connectivity index (χ1) is 13.5. The third-order valence-electron chi connectivity index (χ3n) is 5.10. The molecule has 144 valence electrons. The second kappa shape index (κ2) is 7.42. The van der Waals surface area contributed by atoms with Gasteiger partial charge in [0, 0.05) is 36.8 Å². The molecular weight excluding hydrogens is 364 g/mol. The Balaban J connectivity index is 1.39. The molecule has 0 spiro atoms. The average Bonchev–Trinajstić information content (AvgIpc) is 3.17. The van der Waals surface area contributed by atoms with Gasteiger partial charge in [-0.1, -0.05) is 18.2 Å². The summed E-state index contributed by atoms with van der Waals surface area (Å²) in [5.41, 5.74) is 0.555. The lowest BCUT2D eigenvalue weighted by molar-refractivity contribution is 0.0943. The predicted octanol–water partition coefficient (Wildman–Crippen LogP) is 3.06. The molecule has 0 bridgehead atoms. The molecule has 28 heavy (non-hydrogen) atoms. The molecule has 1 aliphatic rings. The summed E-state index contributed by atoms with van der Waals surface area (Å²) in [5, 5.41) is 4.10. The number of rotatable bonds is 4. The van der Waals surface area contributed by atoms with Gasteiger partial charge in [-0.2, -0.15) is 0 Å². The summed E-state index contributed by atoms with van der Waals surface area (Å²) in [7, 11) is 0. The molecule has 1 atom stereocenters. The fourth-order valence-corrected chi connectivity index (χ4v) is 3.58. The number of aromatic amines is 1. The molecule has 0 radical (unpaired) electrons. The first-order valence-electron chi connectivity index (χ1n) is 9.11. The van der Waals surface area contributed by atoms with Crippen LogP contribution in [0.5, 0.6) is 0 Å². The van der Waals surface area contributed by atoms with Crippen molar-refractivity contribution >= 4 is 22.4 Å². The molecule has 1 aromatic heterocycles. The van der Waals surface area contributed by atoms with E-state index in [-0.39, 0.29) is 23.1 Å². The summed E-state index contributed by atoms with van der Waals surface area (Å²) < 4.78 is 26.5. The summed E-state index contributed by atoms with van der Waals surface area (Å²) in [4.78, 5) is 29.1. The highest BCUT2D eigenvalue weighted by atomic mass is 19.2. The van der Waals surface area contributed by atoms with E-state index in [0.29, 0.717) is 36.1 Å². The van der Waals surface area contributed by atoms with Crippen molar-refractivity contribution < 1.29 is 13.6 Å². The quantitative estimate of drug-likeness (QED) is 0.728. The van der Waals surface area contributed by atoms with Gasteiger partial charge < -0.3 is 15.2 Å². The number of fused-ring (bicyclic) bond motifs is 1. The fraction of sp³-hybridized carbons (Fsp3) is 0.238. The highest BCUT2D eigenvalue weighted by Crippen LogP contribution is 2.25. The van der Waals surface area contributed by atoms with Crippen LogP contribution in [0.25, 0.3) is 10.8 Å². The van der Waals surface area contributed by atoms with Gasteiger partial charge >= 0.3 is 0 Å². The van der Waals surface area contributed by atoms with Gasteiger partial charge in [-0.25, -0.2) is 8.78 Å². The first-order valence-corrected chi connectivity index (χ1v) is 9.11. The number of halogens is 2. The zero-order chi connectivity index (χ0) is 19.7. The minimum Gasteiger partial charge on any atom is -0.371 e. The number of hydrogen-bond donors (Lipinski definition) is 2. The molecule has 1 saturated heterocycles. The fourth-order valence-electron chi connectivity index (χ4n) is 3.58. The average molecular weight is 383 g/mol. The number of anilines is 1. The molecule has 5 nitrogen and oxygen atoms in total. The van der Waals surface area contributed by atoms with Crippen LogP contribution in [0.3, 0.4) is 0 Å². The molecule has 2 N–H and O–H groups in total. The number of benzene rings is 2. The summed E-state index contributed by atoms with van der Waals surface area (Å²) in [6.07, 6.45) is 0.827. The predicted molar refractivity (Wildman–Crippen MR) is 104 cm³/mol. The molecule has 7 heteroatoms. The Labute approximate surface area is 160 Å². The number of nitrogens with one attached hydrogen (secondary N) is 2. The SMILES string of the molecule is O=C(NC[C@H]1CCN(c2ccc(F)c(F)c2)C1)c1cc2ccccc2c(=O)[nH]1. The van der Waals surface area contributed by atoms with Crippen molar-refractivity contribution in [3.63, 3.8) is 0 Å². The van der Waals surface area contributed by atoms with Crippen LogP contribution in [0.2, 0.25) is 0 Å². The van der Waals surface area contributed by atoms with Crippen molar-refractivity contribution in [2.24, 2.45) is 5.92 Å². The smallest absolute Gasteiger partial charge is 0.267 e. The van der Waals surface area contributed by atoms with Crippen molar-refractivity contribution in [3.05, 3.63) is 76.2 Å². The molecule has 2 aromatic carbocycles. The molecule has 2 heterocycles. The summed E-state index contributed by atoms with van der Waals surface area (Å²) in [6.45, 7) is 1.78. The maximum absolute atomic E-state index is 13.4. The van der Waals surface area contributed by atoms with Gasteiger partial charge in [0.1, 0.15) is 5.69 Å². The van der Waals surface area contributed by atoms with Crippen molar-refractivity contribution in [2.75, 3.05) is 24.5 Å². The van der Waals surface area contributed by atoms with Crippen molar-refractivity contribution in [1.82, 2.24) is 10.3 Å². The molecule has 1 aliphatic heterocycles. The number of nitrogens with zero attached hydrogens (tertiary/aromatic N) is 1. The van der Waals surface area contributed by atoms with Gasteiger partial charge in [-0.05, 0) is 42.0 Å². The monoisotopic (exact) mass is 383 g/mol. The van der Waals surface area contributed by atoms with Crippen LogP contribution in [0.15, 0.2) is 53.3 Å². The number of aromatic nitrogens is 1. The van der Waals surface area contributed by atoms with Crippen molar-refractivity contribution in [2.45, 2.75) is 6.42 Å². The summed E-state index contributed by atoms with van der Waals surface area (Å²) >= 11 is 0. The van der Waals surface area contributed by atoms with E-state index in [2.05, 4.69) is 10.3 Å². The van der Waals surface area contributed by atoms with E-state index < -0.39 is 11.6 Å². The van der Waals surface area contributed by atoms with Crippen molar-refractivity contribution in [3.8, 4) is 0 Å². The molecule has 0 aliphatic carbocycles. The van der Waals surface area contributed by atoms with Crippen molar-refractivity contribution in [1.29, 1.82) is 0 Å². The maximum atomic E-state index is 13.4. The molecule has 0 saturated carbocycles. The van der Waals surface area contributed by atoms with Crippen LogP contribution >= 0.6 is 0 Å². The third-order valence-corrected chi connectivity index (χ3v) is 5.10. The lowest BCUT2D eigenvalue weighted by atomic mass is 10.1. The Morgan fingerprint density at radius 1 is 1.14 bits per heavy atom. The second-order valence-electron chi connectivity index (χ2n) is 7.01. The second-order valence-corrected chi connectivity index (χ2v) is 7.01. The molecule has 0 unspecified atom stereocenters. The number of carbonyl (C=O) groups is 1. The Morgan fingerprint density at radius 3 is 2.79 bits per heavy atom. The van der Waals surface area contributed by atoms with Gasteiger partial charge in [0.2, 0.25) is 0 Å². The van der Waals surface area contributed by atoms with E-state index in [4.69, 9.17) is 0 Å². The van der Waals surface area contributed by atoms with Gasteiger partial charge in [-0.15, -0.1) is 0 Å². The standard InChI is InChI=1S/C21H19F2N3O2/c22-17-6-5-15(10-18(17)23)26-8-7-13(12-26)11-24-21(28)19-9-14-3-1-2-4-16(14)20(27)25-19/h1-6,9-10,13H,7-8,11-12H2,(H,24,28)(H,25,27)/t13-/m1/s1. The lowest BCUT2D eigenvalue weighted by Gasteiger charge is -2.19. The number of hydrogen-bond acceptors (Lipinski definition) is 3. The minimum absolute atomic E-state index is 0.184. The van der Waals surface area contributed by atoms with Crippen LogP contribution < -0.4 is 15.8 Å². The van der Waals surface area contributed by atoms with E-state index in [0.717, 1.165) is 12.5 Å². The van der Waals surface area contributed by atoms with Crippen LogP contribution in [-0.4, -0.2) is 30.5 Å². The Morgan fingerprint density at radius 2 is 1.96 bits per heavy atom. The number of pyridine rings is 1. The highest BCUT2D eigenvalue weighted by molar-refractivity contribution is 5.96. The first kappa shape index (κ1) is 18.2. The molecule has 1 amide bonds. The number of H-pyrrole nitrogens is 1. The highest BCUT2D eigenvalue weighted by Gasteiger charge is 2.24. The van der Waals surface area contributed by atoms with Crippen LogP contribution in [0.1, 0.15) is 16.9 Å². The Kier molecular flexibility index (Phi) is 4.81. The lowest BCUT2D eigenvalue weighted by Crippen LogP contribution is -2.32. The van der Waals surface area contributed by atoms with Crippen LogP contribution in [0, 0.1) is 17.6 Å². The molecule has 3 aromatic rings. The zero-order valence-electron chi connectivity index (χ0n) is 15.0. The Bertz CT molecular complexity index is 1100. The normalized spacial score (nSPS) is 16.5. The zero-order valence-corrected chi connectivity index (χ0v) is 15.0. The third kappa shape index (κ3) is 3.60. The van der Waals surface area contributed by atoms with E-state index >= 15 is 0 Å². The maximum Gasteiger partial charge on any atom is 0.267 e. The largest absolute Gasteiger partial charge is 0.371 e. The van der Waals surface area contributed by atoms with Crippen LogP contribution in [0.4, 0.5) is 14.5 Å². The summed E-state index contributed by atoms with van der Waals surface area (Å²) in [5.74, 6) is -1.89. The molecule has 1 fully saturated rings. The van der Waals surface area contributed by atoms with E-state index in [1.165, 1.54) is 6.07 Å². The topological polar surface area (TPSA) is 65.2 Å². The number of amides is 1. The summed E-state index contributed by atoms with van der Waals surface area (Å²) in [6, 6.07) is 12.6. The van der Waals surface area contributed by atoms with Gasteiger partial charge in [0.05, 0.1) is 0 Å². The van der Waals surface area contributed by atoms with E-state index in [1.807, 2.05) is 11.0 Å². The molecular formula is C21H19F2N3O2. The molecule has 4 rings (SSSR count). The Hall–Kier alpha value is -3.22. The van der Waals surface area contributed by atoms with Gasteiger partial charge in [-0.3, -0.25) is 9.59 Å². The minimum atomic E-state index is -0.866. The van der Waals surface area contributed by atoms with Gasteiger partial charge in [0.15, 0.2) is 11.6 Å². The number of carbonyl (C=O) groups excluding carboxylic acids is 1.